The van der Waals surface area contributed by atoms with E-state index < -0.39 is 21.2 Å². The van der Waals surface area contributed by atoms with E-state index in [1.807, 2.05) is 0 Å². The van der Waals surface area contributed by atoms with E-state index in [2.05, 4.69) is 0 Å². The quantitative estimate of drug-likeness (QED) is 0.560. The summed E-state index contributed by atoms with van der Waals surface area (Å²) in [6.45, 7) is 0. The first-order valence-electron chi connectivity index (χ1n) is 2.98. The van der Waals surface area contributed by atoms with E-state index in [4.69, 9.17) is 10.4 Å². The fourth-order valence-electron chi connectivity index (χ4n) is 0.977. The van der Waals surface area contributed by atoms with Gasteiger partial charge in [-0.05, 0) is 11.8 Å². The molecule has 11 heavy (non-hydrogen) atoms. The molecule has 0 spiro atoms. The van der Waals surface area contributed by atoms with Crippen molar-refractivity contribution in [2.45, 2.75) is 11.4 Å². The standard InChI is InChI=1S/C5H7NO3S2/c6-3-10-5-2-11(8,9)1-4(5)7/h4-5,7H,1-2H2/t4-,5-/m0/s1. The highest BCUT2D eigenvalue weighted by Gasteiger charge is 2.36. The Kier molecular flexibility index (Phi) is 2.42. The number of rotatable bonds is 1. The van der Waals surface area contributed by atoms with E-state index in [0.29, 0.717) is 0 Å². The number of sulfone groups is 1. The van der Waals surface area contributed by atoms with Gasteiger partial charge in [-0.1, -0.05) is 0 Å². The molecule has 1 rings (SSSR count). The summed E-state index contributed by atoms with van der Waals surface area (Å²) >= 11 is 0.826. The molecule has 62 valence electrons. The maximum absolute atomic E-state index is 10.8. The molecule has 1 fully saturated rings. The third-order valence-corrected chi connectivity index (χ3v) is 4.29. The van der Waals surface area contributed by atoms with Crippen LogP contribution in [0.5, 0.6) is 0 Å². The van der Waals surface area contributed by atoms with Gasteiger partial charge in [0.25, 0.3) is 0 Å². The van der Waals surface area contributed by atoms with Gasteiger partial charge in [0, 0.05) is 0 Å². The number of hydrogen-bond acceptors (Lipinski definition) is 5. The monoisotopic (exact) mass is 193 g/mol. The molecule has 6 heteroatoms. The third kappa shape index (κ3) is 2.09. The highest BCUT2D eigenvalue weighted by Crippen LogP contribution is 2.23. The van der Waals surface area contributed by atoms with Gasteiger partial charge in [0.1, 0.15) is 5.40 Å². The minimum Gasteiger partial charge on any atom is -0.391 e. The smallest absolute Gasteiger partial charge is 0.154 e. The zero-order chi connectivity index (χ0) is 8.48. The van der Waals surface area contributed by atoms with Gasteiger partial charge in [-0.25, -0.2) is 8.42 Å². The summed E-state index contributed by atoms with van der Waals surface area (Å²) in [6.07, 6.45) is -0.871. The van der Waals surface area contributed by atoms with Gasteiger partial charge in [-0.15, -0.1) is 0 Å². The molecular formula is C5H7NO3S2. The van der Waals surface area contributed by atoms with Crippen LogP contribution in [-0.4, -0.2) is 36.4 Å². The minimum absolute atomic E-state index is 0.0770. The Balaban J connectivity index is 2.68. The predicted octanol–water partition coefficient (Wildman–Crippen LogP) is -0.641. The first-order chi connectivity index (χ1) is 5.05. The zero-order valence-corrected chi connectivity index (χ0v) is 7.23. The summed E-state index contributed by atoms with van der Waals surface area (Å²) in [4.78, 5) is 0. The fourth-order valence-corrected chi connectivity index (χ4v) is 3.99. The van der Waals surface area contributed by atoms with Crippen molar-refractivity contribution in [2.24, 2.45) is 0 Å². The van der Waals surface area contributed by atoms with Crippen LogP contribution >= 0.6 is 11.8 Å². The van der Waals surface area contributed by atoms with E-state index >= 15 is 0 Å². The highest BCUT2D eigenvalue weighted by molar-refractivity contribution is 8.05. The Hall–Kier alpha value is -0.250. The number of thioether (sulfide) groups is 1. The molecule has 1 heterocycles. The largest absolute Gasteiger partial charge is 0.391 e. The predicted molar refractivity (Wildman–Crippen MR) is 41.7 cm³/mol. The average Bonchev–Trinajstić information content (AvgIpc) is 2.07. The summed E-state index contributed by atoms with van der Waals surface area (Å²) < 4.78 is 21.7. The second kappa shape index (κ2) is 3.01. The second-order valence-electron chi connectivity index (χ2n) is 2.39. The van der Waals surface area contributed by atoms with Crippen molar-refractivity contribution >= 4 is 21.6 Å². The Bertz CT molecular complexity index is 279. The molecule has 1 saturated heterocycles. The van der Waals surface area contributed by atoms with Crippen LogP contribution < -0.4 is 0 Å². The normalized spacial score (nSPS) is 34.9. The van der Waals surface area contributed by atoms with Crippen LogP contribution in [0.25, 0.3) is 0 Å². The molecule has 0 amide bonds. The van der Waals surface area contributed by atoms with Crippen LogP contribution in [0.3, 0.4) is 0 Å². The average molecular weight is 193 g/mol. The second-order valence-corrected chi connectivity index (χ2v) is 5.57. The fraction of sp³-hybridized carbons (Fsp3) is 0.800. The number of aliphatic hydroxyl groups excluding tert-OH is 1. The lowest BCUT2D eigenvalue weighted by Gasteiger charge is -2.04. The summed E-state index contributed by atoms with van der Waals surface area (Å²) in [5.74, 6) is -0.279. The van der Waals surface area contributed by atoms with Gasteiger partial charge in [-0.3, -0.25) is 0 Å². The first-order valence-corrected chi connectivity index (χ1v) is 5.68. The number of nitriles is 1. The van der Waals surface area contributed by atoms with Crippen LogP contribution in [0.4, 0.5) is 0 Å². The summed E-state index contributed by atoms with van der Waals surface area (Å²) in [6, 6.07) is 0. The van der Waals surface area contributed by atoms with Crippen molar-refractivity contribution in [2.75, 3.05) is 11.5 Å². The van der Waals surface area contributed by atoms with Crippen molar-refractivity contribution in [3.05, 3.63) is 0 Å². The Morgan fingerprint density at radius 1 is 1.55 bits per heavy atom. The van der Waals surface area contributed by atoms with Crippen molar-refractivity contribution in [3.8, 4) is 5.40 Å². The molecule has 0 bridgehead atoms. The lowest BCUT2D eigenvalue weighted by Crippen LogP contribution is -2.19. The molecule has 0 radical (unpaired) electrons. The number of hydrogen-bond donors (Lipinski definition) is 1. The molecule has 4 nitrogen and oxygen atoms in total. The molecule has 1 aliphatic rings. The van der Waals surface area contributed by atoms with Crippen LogP contribution in [-0.2, 0) is 9.84 Å². The van der Waals surface area contributed by atoms with E-state index in [0.717, 1.165) is 11.8 Å². The molecule has 1 aliphatic heterocycles. The van der Waals surface area contributed by atoms with E-state index in [1.165, 1.54) is 0 Å². The molecule has 0 unspecified atom stereocenters. The molecule has 0 aromatic carbocycles. The molecule has 0 aromatic rings. The molecule has 1 N–H and O–H groups in total. The lowest BCUT2D eigenvalue weighted by atomic mass is 10.3. The minimum atomic E-state index is -3.09. The Labute approximate surface area is 69.1 Å². The van der Waals surface area contributed by atoms with Crippen LogP contribution in [0, 0.1) is 10.7 Å². The van der Waals surface area contributed by atoms with E-state index in [9.17, 15) is 8.42 Å². The van der Waals surface area contributed by atoms with Crippen LogP contribution in [0.1, 0.15) is 0 Å². The Morgan fingerprint density at radius 3 is 2.55 bits per heavy atom. The summed E-state index contributed by atoms with van der Waals surface area (Å²) in [5.41, 5.74) is 0. The van der Waals surface area contributed by atoms with Gasteiger partial charge in [0.15, 0.2) is 9.84 Å². The van der Waals surface area contributed by atoms with Crippen molar-refractivity contribution in [1.82, 2.24) is 0 Å². The number of thiocyanates is 1. The zero-order valence-electron chi connectivity index (χ0n) is 5.60. The molecule has 0 saturated carbocycles. The van der Waals surface area contributed by atoms with Gasteiger partial charge in [0.2, 0.25) is 0 Å². The Morgan fingerprint density at radius 2 is 2.18 bits per heavy atom. The first kappa shape index (κ1) is 8.84. The van der Waals surface area contributed by atoms with E-state index in [-0.39, 0.29) is 11.5 Å². The maximum atomic E-state index is 10.8. The van der Waals surface area contributed by atoms with Gasteiger partial charge >= 0.3 is 0 Å². The van der Waals surface area contributed by atoms with Gasteiger partial charge in [0.05, 0.1) is 22.9 Å². The van der Waals surface area contributed by atoms with Gasteiger partial charge < -0.3 is 5.11 Å². The highest BCUT2D eigenvalue weighted by atomic mass is 32.2. The molecule has 2 atom stereocenters. The van der Waals surface area contributed by atoms with Crippen molar-refractivity contribution in [3.63, 3.8) is 0 Å². The SMILES string of the molecule is N#CS[C@H]1CS(=O)(=O)C[C@@H]1O. The third-order valence-electron chi connectivity index (χ3n) is 1.48. The van der Waals surface area contributed by atoms with Crippen LogP contribution in [0.2, 0.25) is 0 Å². The summed E-state index contributed by atoms with van der Waals surface area (Å²) in [5, 5.41) is 18.6. The summed E-state index contributed by atoms with van der Waals surface area (Å²) in [7, 11) is -3.09. The maximum Gasteiger partial charge on any atom is 0.154 e. The van der Waals surface area contributed by atoms with Crippen LogP contribution in [0.15, 0.2) is 0 Å². The number of aliphatic hydroxyl groups is 1. The molecule has 0 aliphatic carbocycles. The van der Waals surface area contributed by atoms with Crippen molar-refractivity contribution in [1.29, 1.82) is 5.26 Å². The topological polar surface area (TPSA) is 78.2 Å². The molecular weight excluding hydrogens is 186 g/mol. The number of nitrogens with zero attached hydrogens (tertiary/aromatic N) is 1. The van der Waals surface area contributed by atoms with Gasteiger partial charge in [-0.2, -0.15) is 5.26 Å². The van der Waals surface area contributed by atoms with E-state index in [1.54, 1.807) is 5.40 Å². The van der Waals surface area contributed by atoms with Crippen molar-refractivity contribution < 1.29 is 13.5 Å². The lowest BCUT2D eigenvalue weighted by molar-refractivity contribution is 0.208. The molecule has 0 aromatic heterocycles.